The standard InChI is InChI=1S/C19H18F2N4O2S/c1-11(18(26)22-16-14(20)5-4-6-15(16)21)28-19-24-23-17(25(19)2)12-7-9-13(27-3)10-8-12/h4-11H,1-3H3,(H,22,26)/t11-/m1/s1. The Hall–Kier alpha value is -2.94. The molecule has 0 bridgehead atoms. The van der Waals surface area contributed by atoms with Crippen LogP contribution in [0, 0.1) is 11.6 Å². The van der Waals surface area contributed by atoms with E-state index in [1.807, 2.05) is 24.3 Å². The van der Waals surface area contributed by atoms with Crippen LogP contribution in [-0.4, -0.2) is 33.0 Å². The average molecular weight is 404 g/mol. The van der Waals surface area contributed by atoms with Gasteiger partial charge in [0.25, 0.3) is 0 Å². The molecule has 1 aromatic heterocycles. The number of para-hydroxylation sites is 1. The van der Waals surface area contributed by atoms with Gasteiger partial charge in [-0.15, -0.1) is 10.2 Å². The summed E-state index contributed by atoms with van der Waals surface area (Å²) < 4.78 is 34.3. The van der Waals surface area contributed by atoms with Gasteiger partial charge in [0.2, 0.25) is 5.91 Å². The fourth-order valence-electron chi connectivity index (χ4n) is 2.46. The lowest BCUT2D eigenvalue weighted by Gasteiger charge is -2.12. The molecule has 1 atom stereocenters. The quantitative estimate of drug-likeness (QED) is 0.632. The molecule has 6 nitrogen and oxygen atoms in total. The monoisotopic (exact) mass is 404 g/mol. The average Bonchev–Trinajstić information content (AvgIpc) is 3.05. The number of thioether (sulfide) groups is 1. The highest BCUT2D eigenvalue weighted by Gasteiger charge is 2.21. The first kappa shape index (κ1) is 19.8. The van der Waals surface area contributed by atoms with Crippen molar-refractivity contribution in [1.82, 2.24) is 14.8 Å². The summed E-state index contributed by atoms with van der Waals surface area (Å²) in [6.07, 6.45) is 0. The molecule has 3 aromatic rings. The second-order valence-corrected chi connectivity index (χ2v) is 7.25. The van der Waals surface area contributed by atoms with Gasteiger partial charge in [-0.3, -0.25) is 4.79 Å². The van der Waals surface area contributed by atoms with Gasteiger partial charge in [0.15, 0.2) is 11.0 Å². The van der Waals surface area contributed by atoms with Gasteiger partial charge < -0.3 is 14.6 Å². The lowest BCUT2D eigenvalue weighted by atomic mass is 10.2. The predicted molar refractivity (Wildman–Crippen MR) is 103 cm³/mol. The minimum atomic E-state index is -0.828. The molecule has 28 heavy (non-hydrogen) atoms. The van der Waals surface area contributed by atoms with Crippen LogP contribution >= 0.6 is 11.8 Å². The molecule has 0 radical (unpaired) electrons. The van der Waals surface area contributed by atoms with Crippen molar-refractivity contribution < 1.29 is 18.3 Å². The Bertz CT molecular complexity index is 972. The molecule has 0 aliphatic heterocycles. The fourth-order valence-corrected chi connectivity index (χ4v) is 3.28. The lowest BCUT2D eigenvalue weighted by Crippen LogP contribution is -2.24. The topological polar surface area (TPSA) is 69.0 Å². The maximum atomic E-state index is 13.7. The van der Waals surface area contributed by atoms with E-state index in [1.54, 1.807) is 25.6 Å². The number of nitrogens with zero attached hydrogens (tertiary/aromatic N) is 3. The molecule has 0 fully saturated rings. The summed E-state index contributed by atoms with van der Waals surface area (Å²) in [5, 5.41) is 10.4. The fraction of sp³-hybridized carbons (Fsp3) is 0.211. The molecule has 1 heterocycles. The summed E-state index contributed by atoms with van der Waals surface area (Å²) in [5.41, 5.74) is 0.380. The van der Waals surface area contributed by atoms with E-state index in [4.69, 9.17) is 4.74 Å². The van der Waals surface area contributed by atoms with E-state index < -0.39 is 28.5 Å². The molecule has 0 unspecified atom stereocenters. The Balaban J connectivity index is 1.73. The third-order valence-corrected chi connectivity index (χ3v) is 5.18. The minimum absolute atomic E-state index is 0.461. The van der Waals surface area contributed by atoms with Crippen molar-refractivity contribution in [3.63, 3.8) is 0 Å². The molecule has 146 valence electrons. The number of carbonyl (C=O) groups excluding carboxylic acids is 1. The van der Waals surface area contributed by atoms with Crippen LogP contribution in [0.5, 0.6) is 5.75 Å². The zero-order valence-corrected chi connectivity index (χ0v) is 16.3. The highest BCUT2D eigenvalue weighted by Crippen LogP contribution is 2.28. The first-order valence-electron chi connectivity index (χ1n) is 8.36. The maximum Gasteiger partial charge on any atom is 0.237 e. The number of nitrogens with one attached hydrogen (secondary N) is 1. The van der Waals surface area contributed by atoms with Crippen LogP contribution in [0.4, 0.5) is 14.5 Å². The van der Waals surface area contributed by atoms with E-state index in [9.17, 15) is 13.6 Å². The summed E-state index contributed by atoms with van der Waals surface area (Å²) in [6, 6.07) is 10.7. The van der Waals surface area contributed by atoms with Crippen LogP contribution in [0.15, 0.2) is 47.6 Å². The van der Waals surface area contributed by atoms with Crippen LogP contribution in [0.2, 0.25) is 0 Å². The third kappa shape index (κ3) is 4.14. The number of methoxy groups -OCH3 is 1. The second-order valence-electron chi connectivity index (χ2n) is 5.94. The van der Waals surface area contributed by atoms with Gasteiger partial charge >= 0.3 is 0 Å². The zero-order valence-electron chi connectivity index (χ0n) is 15.4. The van der Waals surface area contributed by atoms with Gasteiger partial charge in [0, 0.05) is 12.6 Å². The van der Waals surface area contributed by atoms with Crippen molar-refractivity contribution in [2.75, 3.05) is 12.4 Å². The predicted octanol–water partition coefficient (Wildman–Crippen LogP) is 3.89. The number of benzene rings is 2. The van der Waals surface area contributed by atoms with Crippen molar-refractivity contribution in [2.45, 2.75) is 17.3 Å². The largest absolute Gasteiger partial charge is 0.497 e. The van der Waals surface area contributed by atoms with Gasteiger partial charge in [-0.1, -0.05) is 17.8 Å². The summed E-state index contributed by atoms with van der Waals surface area (Å²) in [5.74, 6) is -0.843. The lowest BCUT2D eigenvalue weighted by molar-refractivity contribution is -0.115. The first-order valence-corrected chi connectivity index (χ1v) is 9.24. The molecule has 0 aliphatic carbocycles. The van der Waals surface area contributed by atoms with Crippen LogP contribution in [0.1, 0.15) is 6.92 Å². The zero-order chi connectivity index (χ0) is 20.3. The number of anilines is 1. The minimum Gasteiger partial charge on any atom is -0.497 e. The van der Waals surface area contributed by atoms with Gasteiger partial charge in [-0.2, -0.15) is 0 Å². The Morgan fingerprint density at radius 1 is 1.14 bits per heavy atom. The normalized spacial score (nSPS) is 11.9. The van der Waals surface area contributed by atoms with Crippen molar-refractivity contribution in [2.24, 2.45) is 7.05 Å². The molecule has 2 aromatic carbocycles. The van der Waals surface area contributed by atoms with Crippen LogP contribution < -0.4 is 10.1 Å². The molecule has 0 saturated heterocycles. The van der Waals surface area contributed by atoms with Crippen molar-refractivity contribution in [3.05, 3.63) is 54.1 Å². The van der Waals surface area contributed by atoms with E-state index in [0.717, 1.165) is 35.2 Å². The second kappa shape index (κ2) is 8.39. The Morgan fingerprint density at radius 3 is 2.39 bits per heavy atom. The number of ether oxygens (including phenoxy) is 1. The molecule has 9 heteroatoms. The molecular formula is C19H18F2N4O2S. The van der Waals surface area contributed by atoms with Crippen LogP contribution in [0.3, 0.4) is 0 Å². The van der Waals surface area contributed by atoms with Crippen molar-refractivity contribution >= 4 is 23.4 Å². The number of hydrogen-bond donors (Lipinski definition) is 1. The first-order chi connectivity index (χ1) is 13.4. The molecule has 3 rings (SSSR count). The van der Waals surface area contributed by atoms with Crippen molar-refractivity contribution in [3.8, 4) is 17.1 Å². The van der Waals surface area contributed by atoms with Gasteiger partial charge in [0.1, 0.15) is 23.1 Å². The number of rotatable bonds is 6. The molecule has 0 saturated carbocycles. The number of amides is 1. The number of hydrogen-bond acceptors (Lipinski definition) is 5. The molecule has 0 spiro atoms. The summed E-state index contributed by atoms with van der Waals surface area (Å²) in [6.45, 7) is 1.63. The van der Waals surface area contributed by atoms with E-state index >= 15 is 0 Å². The summed E-state index contributed by atoms with van der Waals surface area (Å²) in [4.78, 5) is 12.3. The number of halogens is 2. The van der Waals surface area contributed by atoms with Gasteiger partial charge in [0.05, 0.1) is 12.4 Å². The molecule has 1 N–H and O–H groups in total. The Labute approximate surface area is 164 Å². The summed E-state index contributed by atoms with van der Waals surface area (Å²) in [7, 11) is 3.37. The van der Waals surface area contributed by atoms with Crippen LogP contribution in [-0.2, 0) is 11.8 Å². The molecular weight excluding hydrogens is 386 g/mol. The SMILES string of the molecule is COc1ccc(-c2nnc(S[C@H](C)C(=O)Nc3c(F)cccc3F)n2C)cc1. The highest BCUT2D eigenvalue weighted by atomic mass is 32.2. The third-order valence-electron chi connectivity index (χ3n) is 4.05. The van der Waals surface area contributed by atoms with E-state index in [1.165, 1.54) is 6.07 Å². The molecule has 0 aliphatic rings. The Morgan fingerprint density at radius 2 is 1.79 bits per heavy atom. The Kier molecular flexibility index (Phi) is 5.93. The molecule has 1 amide bonds. The van der Waals surface area contributed by atoms with Crippen molar-refractivity contribution in [1.29, 1.82) is 0 Å². The van der Waals surface area contributed by atoms with Crippen LogP contribution in [0.25, 0.3) is 11.4 Å². The summed E-state index contributed by atoms with van der Waals surface area (Å²) >= 11 is 1.14. The number of aromatic nitrogens is 3. The van der Waals surface area contributed by atoms with E-state index in [2.05, 4.69) is 15.5 Å². The highest BCUT2D eigenvalue weighted by molar-refractivity contribution is 8.00. The smallest absolute Gasteiger partial charge is 0.237 e. The van der Waals surface area contributed by atoms with E-state index in [-0.39, 0.29) is 0 Å². The van der Waals surface area contributed by atoms with E-state index in [0.29, 0.717) is 11.0 Å². The number of carbonyl (C=O) groups is 1. The van der Waals surface area contributed by atoms with Gasteiger partial charge in [-0.05, 0) is 43.3 Å². The maximum absolute atomic E-state index is 13.7. The van der Waals surface area contributed by atoms with Gasteiger partial charge in [-0.25, -0.2) is 8.78 Å².